The van der Waals surface area contributed by atoms with Crippen molar-refractivity contribution in [1.82, 2.24) is 9.80 Å². The lowest BCUT2D eigenvalue weighted by atomic mass is 10.0. The molecule has 2 aliphatic heterocycles. The zero-order chi connectivity index (χ0) is 21.3. The lowest BCUT2D eigenvalue weighted by Gasteiger charge is -2.20. The number of amides is 2. The van der Waals surface area contributed by atoms with Crippen molar-refractivity contribution in [2.45, 2.75) is 19.4 Å². The zero-order valence-electron chi connectivity index (χ0n) is 17.0. The smallest absolute Gasteiger partial charge is 0.278 e. The minimum atomic E-state index is -0.444. The number of imide groups is 1. The predicted molar refractivity (Wildman–Crippen MR) is 109 cm³/mol. The molecule has 0 atom stereocenters. The van der Waals surface area contributed by atoms with Crippen molar-refractivity contribution < 1.29 is 23.5 Å². The Morgan fingerprint density at radius 2 is 1.63 bits per heavy atom. The third-order valence-electron chi connectivity index (χ3n) is 5.52. The van der Waals surface area contributed by atoms with Gasteiger partial charge in [-0.2, -0.15) is 0 Å². The zero-order valence-corrected chi connectivity index (χ0v) is 17.0. The quantitative estimate of drug-likeness (QED) is 0.685. The monoisotopic (exact) mass is 410 g/mol. The third-order valence-corrected chi connectivity index (χ3v) is 5.52. The number of halogens is 1. The number of hydrogen-bond donors (Lipinski definition) is 0. The van der Waals surface area contributed by atoms with E-state index in [1.54, 1.807) is 36.4 Å². The second kappa shape index (κ2) is 8.18. The van der Waals surface area contributed by atoms with Crippen molar-refractivity contribution in [3.05, 3.63) is 65.1 Å². The van der Waals surface area contributed by atoms with Gasteiger partial charge >= 0.3 is 0 Å². The van der Waals surface area contributed by atoms with Gasteiger partial charge < -0.3 is 14.4 Å². The van der Waals surface area contributed by atoms with E-state index in [9.17, 15) is 14.0 Å². The second-order valence-electron chi connectivity index (χ2n) is 7.28. The first-order chi connectivity index (χ1) is 14.5. The molecule has 0 aliphatic carbocycles. The van der Waals surface area contributed by atoms with Gasteiger partial charge in [-0.1, -0.05) is 24.3 Å². The van der Waals surface area contributed by atoms with Gasteiger partial charge in [-0.3, -0.25) is 14.5 Å². The first-order valence-corrected chi connectivity index (χ1v) is 9.86. The topological polar surface area (TPSA) is 59.1 Å². The SMILES string of the molecule is COc1ccc(C2=C(N3CCCC3)C(=O)N(Cc3ccccc3F)C2=O)cc1OC. The van der Waals surface area contributed by atoms with Crippen LogP contribution < -0.4 is 9.47 Å². The van der Waals surface area contributed by atoms with Crippen molar-refractivity contribution >= 4 is 17.4 Å². The van der Waals surface area contributed by atoms with Crippen LogP contribution in [0.5, 0.6) is 11.5 Å². The molecule has 6 nitrogen and oxygen atoms in total. The van der Waals surface area contributed by atoms with E-state index in [4.69, 9.17) is 9.47 Å². The molecule has 0 spiro atoms. The molecule has 0 N–H and O–H groups in total. The lowest BCUT2D eigenvalue weighted by molar-refractivity contribution is -0.138. The number of methoxy groups -OCH3 is 2. The summed E-state index contributed by atoms with van der Waals surface area (Å²) < 4.78 is 24.9. The highest BCUT2D eigenvalue weighted by molar-refractivity contribution is 6.35. The van der Waals surface area contributed by atoms with Crippen LogP contribution in [0.3, 0.4) is 0 Å². The van der Waals surface area contributed by atoms with Gasteiger partial charge in [0.2, 0.25) is 0 Å². The van der Waals surface area contributed by atoms with E-state index >= 15 is 0 Å². The van der Waals surface area contributed by atoms with Gasteiger partial charge in [0.05, 0.1) is 26.3 Å². The summed E-state index contributed by atoms with van der Waals surface area (Å²) in [4.78, 5) is 29.8. The fraction of sp³-hybridized carbons (Fsp3) is 0.304. The second-order valence-corrected chi connectivity index (χ2v) is 7.28. The summed E-state index contributed by atoms with van der Waals surface area (Å²) in [5.74, 6) is -0.270. The first kappa shape index (κ1) is 19.9. The number of carbonyl (C=O) groups excluding carboxylic acids is 2. The average molecular weight is 410 g/mol. The van der Waals surface area contributed by atoms with Crippen LogP contribution in [0.15, 0.2) is 48.2 Å². The molecule has 0 unspecified atom stereocenters. The molecule has 0 radical (unpaired) electrons. The third kappa shape index (κ3) is 3.40. The Kier molecular flexibility index (Phi) is 5.44. The molecule has 2 heterocycles. The van der Waals surface area contributed by atoms with Gasteiger partial charge in [-0.25, -0.2) is 4.39 Å². The number of likely N-dealkylation sites (tertiary alicyclic amines) is 1. The maximum Gasteiger partial charge on any atom is 0.278 e. The number of rotatable bonds is 6. The number of benzene rings is 2. The Bertz CT molecular complexity index is 1030. The highest BCUT2D eigenvalue weighted by Crippen LogP contribution is 2.37. The standard InChI is InChI=1S/C23H23FN2O4/c1-29-18-10-9-15(13-19(18)30-2)20-21(25-11-5-6-12-25)23(28)26(22(20)27)14-16-7-3-4-8-17(16)24/h3-4,7-10,13H,5-6,11-12,14H2,1-2H3. The number of carbonyl (C=O) groups is 2. The van der Waals surface area contributed by atoms with Gasteiger partial charge in [0.25, 0.3) is 11.8 Å². The van der Waals surface area contributed by atoms with Crippen LogP contribution in [0.2, 0.25) is 0 Å². The maximum atomic E-state index is 14.2. The van der Waals surface area contributed by atoms with E-state index in [2.05, 4.69) is 0 Å². The molecule has 2 aromatic rings. The molecule has 7 heteroatoms. The fourth-order valence-corrected chi connectivity index (χ4v) is 3.99. The van der Waals surface area contributed by atoms with Gasteiger partial charge in [-0.05, 0) is 36.6 Å². The van der Waals surface area contributed by atoms with E-state index in [1.807, 2.05) is 4.90 Å². The molecule has 1 fully saturated rings. The number of ether oxygens (including phenoxy) is 2. The molecular weight excluding hydrogens is 387 g/mol. The highest BCUT2D eigenvalue weighted by Gasteiger charge is 2.42. The minimum Gasteiger partial charge on any atom is -0.493 e. The number of hydrogen-bond acceptors (Lipinski definition) is 5. The van der Waals surface area contributed by atoms with E-state index in [1.165, 1.54) is 20.3 Å². The summed E-state index contributed by atoms with van der Waals surface area (Å²) >= 11 is 0. The summed E-state index contributed by atoms with van der Waals surface area (Å²) in [7, 11) is 3.05. The van der Waals surface area contributed by atoms with Crippen LogP contribution >= 0.6 is 0 Å². The van der Waals surface area contributed by atoms with E-state index < -0.39 is 17.6 Å². The molecule has 0 bridgehead atoms. The Morgan fingerprint density at radius 3 is 2.30 bits per heavy atom. The summed E-state index contributed by atoms with van der Waals surface area (Å²) in [6, 6.07) is 11.3. The minimum absolute atomic E-state index is 0.113. The molecule has 30 heavy (non-hydrogen) atoms. The predicted octanol–water partition coefficient (Wildman–Crippen LogP) is 3.22. The molecule has 2 amide bonds. The highest BCUT2D eigenvalue weighted by atomic mass is 19.1. The van der Waals surface area contributed by atoms with Crippen molar-refractivity contribution in [2.75, 3.05) is 27.3 Å². The normalized spacial score (nSPS) is 16.6. The summed E-state index contributed by atoms with van der Waals surface area (Å²) in [6.45, 7) is 1.30. The van der Waals surface area contributed by atoms with Crippen LogP contribution in [0.1, 0.15) is 24.0 Å². The Hall–Kier alpha value is -3.35. The van der Waals surface area contributed by atoms with Crippen molar-refractivity contribution in [2.24, 2.45) is 0 Å². The molecule has 4 rings (SSSR count). The molecule has 2 aliphatic rings. The van der Waals surface area contributed by atoms with E-state index in [0.717, 1.165) is 17.7 Å². The largest absolute Gasteiger partial charge is 0.493 e. The number of nitrogens with zero attached hydrogens (tertiary/aromatic N) is 2. The van der Waals surface area contributed by atoms with Gasteiger partial charge in [0.15, 0.2) is 11.5 Å². The van der Waals surface area contributed by atoms with Crippen LogP contribution in [0, 0.1) is 5.82 Å². The Labute approximate surface area is 174 Å². The van der Waals surface area contributed by atoms with Crippen molar-refractivity contribution in [1.29, 1.82) is 0 Å². The van der Waals surface area contributed by atoms with Crippen LogP contribution in [-0.4, -0.2) is 48.9 Å². The van der Waals surface area contributed by atoms with E-state index in [-0.39, 0.29) is 6.54 Å². The lowest BCUT2D eigenvalue weighted by Crippen LogP contribution is -2.34. The van der Waals surface area contributed by atoms with Crippen LogP contribution in [0.4, 0.5) is 4.39 Å². The Balaban J connectivity index is 1.77. The molecule has 2 aromatic carbocycles. The summed E-state index contributed by atoms with van der Waals surface area (Å²) in [5, 5.41) is 0. The molecule has 0 aromatic heterocycles. The van der Waals surface area contributed by atoms with Crippen LogP contribution in [0.25, 0.3) is 5.57 Å². The molecule has 156 valence electrons. The van der Waals surface area contributed by atoms with Gasteiger partial charge in [0.1, 0.15) is 11.5 Å². The average Bonchev–Trinajstić information content (AvgIpc) is 3.37. The molecule has 0 saturated carbocycles. The summed E-state index contributed by atoms with van der Waals surface area (Å²) in [5.41, 5.74) is 1.57. The van der Waals surface area contributed by atoms with Gasteiger partial charge in [-0.15, -0.1) is 0 Å². The van der Waals surface area contributed by atoms with E-state index in [0.29, 0.717) is 47.0 Å². The van der Waals surface area contributed by atoms with Crippen molar-refractivity contribution in [3.63, 3.8) is 0 Å². The maximum absolute atomic E-state index is 14.2. The molecular formula is C23H23FN2O4. The fourth-order valence-electron chi connectivity index (χ4n) is 3.99. The van der Waals surface area contributed by atoms with Gasteiger partial charge in [0, 0.05) is 18.7 Å². The molecule has 1 saturated heterocycles. The first-order valence-electron chi connectivity index (χ1n) is 9.86. The van der Waals surface area contributed by atoms with Crippen molar-refractivity contribution in [3.8, 4) is 11.5 Å². The van der Waals surface area contributed by atoms with Crippen LogP contribution in [-0.2, 0) is 16.1 Å². The Morgan fingerprint density at radius 1 is 0.933 bits per heavy atom. The summed E-state index contributed by atoms with van der Waals surface area (Å²) in [6.07, 6.45) is 1.91.